The Labute approximate surface area is 107 Å². The maximum Gasteiger partial charge on any atom is 0.0253 e. The molecule has 0 aliphatic heterocycles. The molecule has 1 saturated carbocycles. The molecule has 0 heterocycles. The van der Waals surface area contributed by atoms with Crippen LogP contribution in [0.25, 0.3) is 0 Å². The maximum absolute atomic E-state index is 6.13. The number of allylic oxidation sites excluding steroid dienone is 3. The lowest BCUT2D eigenvalue weighted by molar-refractivity contribution is 0.514. The van der Waals surface area contributed by atoms with E-state index >= 15 is 0 Å². The lowest BCUT2D eigenvalue weighted by Gasteiger charge is -2.22. The Morgan fingerprint density at radius 2 is 2.18 bits per heavy atom. The molecule has 1 heteroatoms. The molecule has 1 fully saturated rings. The Balaban J connectivity index is 2.28. The Bertz CT molecular complexity index is 271. The molecule has 0 aromatic carbocycles. The van der Waals surface area contributed by atoms with Crippen LogP contribution in [0.15, 0.2) is 23.3 Å². The summed E-state index contributed by atoms with van der Waals surface area (Å²) in [6, 6.07) is 0.355. The van der Waals surface area contributed by atoms with Gasteiger partial charge in [-0.15, -0.1) is 0 Å². The molecule has 2 unspecified atom stereocenters. The van der Waals surface area contributed by atoms with Crippen LogP contribution < -0.4 is 5.73 Å². The van der Waals surface area contributed by atoms with Crippen molar-refractivity contribution in [1.82, 2.24) is 0 Å². The molecular weight excluding hydrogens is 206 g/mol. The van der Waals surface area contributed by atoms with Crippen LogP contribution in [0.5, 0.6) is 0 Å². The summed E-state index contributed by atoms with van der Waals surface area (Å²) in [5.74, 6) is 0.784. The minimum absolute atomic E-state index is 0.355. The summed E-state index contributed by atoms with van der Waals surface area (Å²) in [7, 11) is 0. The van der Waals surface area contributed by atoms with Gasteiger partial charge in [0.15, 0.2) is 0 Å². The van der Waals surface area contributed by atoms with Gasteiger partial charge in [0.25, 0.3) is 0 Å². The predicted molar refractivity (Wildman–Crippen MR) is 77.0 cm³/mol. The van der Waals surface area contributed by atoms with E-state index in [4.69, 9.17) is 5.73 Å². The third-order valence-corrected chi connectivity index (χ3v) is 3.70. The molecule has 0 aromatic heterocycles. The van der Waals surface area contributed by atoms with Crippen molar-refractivity contribution in [2.45, 2.75) is 71.8 Å². The molecule has 0 bridgehead atoms. The fourth-order valence-electron chi connectivity index (χ4n) is 2.44. The third-order valence-electron chi connectivity index (χ3n) is 3.70. The van der Waals surface area contributed by atoms with Crippen molar-refractivity contribution in [3.05, 3.63) is 23.3 Å². The average molecular weight is 235 g/mol. The zero-order valence-corrected chi connectivity index (χ0v) is 11.8. The van der Waals surface area contributed by atoms with Gasteiger partial charge in [0, 0.05) is 6.04 Å². The van der Waals surface area contributed by atoms with Crippen LogP contribution in [0.3, 0.4) is 0 Å². The minimum atomic E-state index is 0.355. The van der Waals surface area contributed by atoms with Gasteiger partial charge in [-0.1, -0.05) is 36.6 Å². The van der Waals surface area contributed by atoms with Crippen LogP contribution in [0, 0.1) is 5.92 Å². The highest BCUT2D eigenvalue weighted by molar-refractivity contribution is 5.12. The summed E-state index contributed by atoms with van der Waals surface area (Å²) in [6.45, 7) is 6.70. The Morgan fingerprint density at radius 3 is 2.82 bits per heavy atom. The molecule has 0 aromatic rings. The van der Waals surface area contributed by atoms with E-state index in [2.05, 4.69) is 32.9 Å². The van der Waals surface area contributed by atoms with Gasteiger partial charge in [-0.25, -0.2) is 0 Å². The Morgan fingerprint density at radius 1 is 1.41 bits per heavy atom. The van der Waals surface area contributed by atoms with Gasteiger partial charge in [-0.05, 0) is 58.3 Å². The molecule has 1 rings (SSSR count). The summed E-state index contributed by atoms with van der Waals surface area (Å²) >= 11 is 0. The smallest absolute Gasteiger partial charge is 0.0253 e. The van der Waals surface area contributed by atoms with Crippen LogP contribution >= 0.6 is 0 Å². The highest BCUT2D eigenvalue weighted by Gasteiger charge is 2.14. The van der Waals surface area contributed by atoms with E-state index < -0.39 is 0 Å². The zero-order chi connectivity index (χ0) is 12.7. The number of hydrogen-bond donors (Lipinski definition) is 1. The molecule has 98 valence electrons. The average Bonchev–Trinajstić information content (AvgIpc) is 2.27. The van der Waals surface area contributed by atoms with Gasteiger partial charge in [0.1, 0.15) is 0 Å². The topological polar surface area (TPSA) is 26.0 Å². The highest BCUT2D eigenvalue weighted by Crippen LogP contribution is 2.24. The monoisotopic (exact) mass is 235 g/mol. The van der Waals surface area contributed by atoms with Crippen molar-refractivity contribution in [1.29, 1.82) is 0 Å². The molecule has 1 aliphatic carbocycles. The molecule has 17 heavy (non-hydrogen) atoms. The van der Waals surface area contributed by atoms with Crippen molar-refractivity contribution in [2.75, 3.05) is 0 Å². The Hall–Kier alpha value is -0.560. The predicted octanol–water partition coefficient (Wildman–Crippen LogP) is 4.59. The van der Waals surface area contributed by atoms with Gasteiger partial charge >= 0.3 is 0 Å². The van der Waals surface area contributed by atoms with Crippen molar-refractivity contribution >= 4 is 0 Å². The standard InChI is InChI=1S/C16H29N/c1-13(2)7-6-8-14(3)11-12-15-9-4-5-10-16(15)17/h7,12,14,16H,4-6,8-11,17H2,1-3H3. The van der Waals surface area contributed by atoms with Gasteiger partial charge in [0.05, 0.1) is 0 Å². The second-order valence-electron chi connectivity index (χ2n) is 5.83. The molecule has 1 aliphatic rings. The minimum Gasteiger partial charge on any atom is -0.324 e. The fourth-order valence-corrected chi connectivity index (χ4v) is 2.44. The summed E-state index contributed by atoms with van der Waals surface area (Å²) in [4.78, 5) is 0. The van der Waals surface area contributed by atoms with Crippen molar-refractivity contribution in [2.24, 2.45) is 11.7 Å². The molecule has 0 radical (unpaired) electrons. The van der Waals surface area contributed by atoms with Crippen LogP contribution in [-0.4, -0.2) is 6.04 Å². The van der Waals surface area contributed by atoms with E-state index in [1.165, 1.54) is 56.1 Å². The van der Waals surface area contributed by atoms with Crippen molar-refractivity contribution < 1.29 is 0 Å². The van der Waals surface area contributed by atoms with E-state index in [1.54, 1.807) is 0 Å². The SMILES string of the molecule is CC(C)=CCCC(C)CC=C1CCCCC1N. The van der Waals surface area contributed by atoms with E-state index in [0.717, 1.165) is 5.92 Å². The van der Waals surface area contributed by atoms with Crippen molar-refractivity contribution in [3.8, 4) is 0 Å². The second kappa shape index (κ2) is 7.71. The third kappa shape index (κ3) is 6.07. The molecule has 1 nitrogen and oxygen atoms in total. The molecule has 0 amide bonds. The largest absolute Gasteiger partial charge is 0.324 e. The van der Waals surface area contributed by atoms with E-state index in [1.807, 2.05) is 0 Å². The quantitative estimate of drug-likeness (QED) is 0.693. The maximum atomic E-state index is 6.13. The molecular formula is C16H29N. The highest BCUT2D eigenvalue weighted by atomic mass is 14.6. The van der Waals surface area contributed by atoms with E-state index in [-0.39, 0.29) is 0 Å². The van der Waals surface area contributed by atoms with E-state index in [0.29, 0.717) is 6.04 Å². The van der Waals surface area contributed by atoms with Crippen LogP contribution in [-0.2, 0) is 0 Å². The zero-order valence-electron chi connectivity index (χ0n) is 11.8. The van der Waals surface area contributed by atoms with Gasteiger partial charge in [-0.2, -0.15) is 0 Å². The molecule has 0 saturated heterocycles. The first kappa shape index (κ1) is 14.5. The van der Waals surface area contributed by atoms with Crippen molar-refractivity contribution in [3.63, 3.8) is 0 Å². The lowest BCUT2D eigenvalue weighted by atomic mass is 9.88. The number of nitrogens with two attached hydrogens (primary N) is 1. The van der Waals surface area contributed by atoms with Crippen LogP contribution in [0.2, 0.25) is 0 Å². The summed E-state index contributed by atoms with van der Waals surface area (Å²) in [5, 5.41) is 0. The van der Waals surface area contributed by atoms with E-state index in [9.17, 15) is 0 Å². The summed E-state index contributed by atoms with van der Waals surface area (Å²) < 4.78 is 0. The van der Waals surface area contributed by atoms with Crippen LogP contribution in [0.1, 0.15) is 65.7 Å². The summed E-state index contributed by atoms with van der Waals surface area (Å²) in [5.41, 5.74) is 9.08. The second-order valence-corrected chi connectivity index (χ2v) is 5.83. The van der Waals surface area contributed by atoms with Gasteiger partial charge in [0.2, 0.25) is 0 Å². The first-order valence-corrected chi connectivity index (χ1v) is 7.17. The normalized spacial score (nSPS) is 24.7. The van der Waals surface area contributed by atoms with Gasteiger partial charge in [-0.3, -0.25) is 0 Å². The Kier molecular flexibility index (Phi) is 6.57. The number of hydrogen-bond acceptors (Lipinski definition) is 1. The molecule has 0 spiro atoms. The first-order valence-electron chi connectivity index (χ1n) is 7.17. The van der Waals surface area contributed by atoms with Crippen LogP contribution in [0.4, 0.5) is 0 Å². The van der Waals surface area contributed by atoms with Gasteiger partial charge < -0.3 is 5.73 Å². The number of rotatable bonds is 5. The molecule has 2 atom stereocenters. The first-order chi connectivity index (χ1) is 8.09. The summed E-state index contributed by atoms with van der Waals surface area (Å²) in [6.07, 6.45) is 13.6. The molecule has 2 N–H and O–H groups in total. The fraction of sp³-hybridized carbons (Fsp3) is 0.750. The lowest BCUT2D eigenvalue weighted by Crippen LogP contribution is -2.25.